The van der Waals surface area contributed by atoms with Crippen LogP contribution in [0.4, 0.5) is 0 Å². The summed E-state index contributed by atoms with van der Waals surface area (Å²) in [5.74, 6) is -4.53. The Morgan fingerprint density at radius 3 is 1.60 bits per heavy atom. The number of fused-ring (bicyclic) bond motifs is 1. The number of amides is 2. The van der Waals surface area contributed by atoms with E-state index in [0.717, 1.165) is 0 Å². The topological polar surface area (TPSA) is 135 Å². The molecule has 2 aliphatic heterocycles. The molecule has 0 unspecified atom stereocenters. The zero-order valence-corrected chi connectivity index (χ0v) is 31.7. The number of ether oxygens (including phenoxy) is 5. The number of nitrogens with zero attached hydrogens (tertiary/aromatic N) is 1. The lowest BCUT2D eigenvalue weighted by atomic mass is 9.94. The second kappa shape index (κ2) is 17.8. The number of rotatable bonds is 13. The monoisotopic (exact) mass is 825 g/mol. The fourth-order valence-electron chi connectivity index (χ4n) is 6.12. The quantitative estimate of drug-likeness (QED) is 0.0247. The van der Waals surface area contributed by atoms with Gasteiger partial charge in [0.15, 0.2) is 18.5 Å². The lowest BCUT2D eigenvalue weighted by Crippen LogP contribution is -2.67. The summed E-state index contributed by atoms with van der Waals surface area (Å²) in [7, 11) is 0. The van der Waals surface area contributed by atoms with Crippen LogP contribution < -0.4 is 0 Å². The molecule has 0 aliphatic carbocycles. The summed E-state index contributed by atoms with van der Waals surface area (Å²) < 4.78 is 30.4. The van der Waals surface area contributed by atoms with Gasteiger partial charge in [0.25, 0.3) is 11.8 Å². The predicted octanol–water partition coefficient (Wildman–Crippen LogP) is 8.28. The Hall–Kier alpha value is -4.75. The van der Waals surface area contributed by atoms with Crippen LogP contribution in [0.5, 0.6) is 0 Å². The second-order valence-electron chi connectivity index (χ2n) is 12.3. The van der Waals surface area contributed by atoms with Gasteiger partial charge in [-0.05, 0) is 49.2 Å². The van der Waals surface area contributed by atoms with Crippen molar-refractivity contribution in [2.24, 2.45) is 0 Å². The Morgan fingerprint density at radius 2 is 1.13 bits per heavy atom. The fraction of sp³-hybridized carbons (Fsp3) is 0.225. The molecule has 2 aliphatic rings. The molecule has 0 radical (unpaired) electrons. The predicted molar refractivity (Wildman–Crippen MR) is 203 cm³/mol. The minimum atomic E-state index is -1.72. The number of benzene rings is 4. The number of esters is 3. The first-order chi connectivity index (χ1) is 26.5. The molecule has 4 aromatic carbocycles. The first-order valence-corrected chi connectivity index (χ1v) is 18.4. The van der Waals surface area contributed by atoms with Crippen molar-refractivity contribution in [1.29, 1.82) is 0 Å². The Labute approximate surface area is 335 Å². The highest BCUT2D eigenvalue weighted by Crippen LogP contribution is 2.46. The molecule has 5 atom stereocenters. The second-order valence-corrected chi connectivity index (χ2v) is 13.8. The molecule has 2 heterocycles. The van der Waals surface area contributed by atoms with Crippen molar-refractivity contribution in [2.75, 3.05) is 13.2 Å². The maximum atomic E-state index is 14.4. The van der Waals surface area contributed by atoms with Gasteiger partial charge in [-0.1, -0.05) is 107 Å². The fourth-order valence-corrected chi connectivity index (χ4v) is 7.14. The highest BCUT2D eigenvalue weighted by atomic mass is 35.5. The van der Waals surface area contributed by atoms with Crippen LogP contribution in [0.2, 0.25) is 20.1 Å². The van der Waals surface area contributed by atoms with Gasteiger partial charge < -0.3 is 23.7 Å². The third kappa shape index (κ3) is 8.42. The number of carbonyl (C=O) groups excluding carboxylic acids is 5. The molecule has 11 nitrogen and oxygen atoms in total. The molecule has 6 rings (SSSR count). The van der Waals surface area contributed by atoms with Crippen LogP contribution >= 0.6 is 46.4 Å². The van der Waals surface area contributed by atoms with E-state index >= 15 is 0 Å². The number of hydrogen-bond acceptors (Lipinski definition) is 10. The Balaban J connectivity index is 1.48. The number of allylic oxidation sites excluding steroid dienone is 1. The smallest absolute Gasteiger partial charge is 0.338 e. The molecular weight excluding hydrogens is 796 g/mol. The van der Waals surface area contributed by atoms with Crippen molar-refractivity contribution in [3.8, 4) is 0 Å². The lowest BCUT2D eigenvalue weighted by molar-refractivity contribution is -0.278. The van der Waals surface area contributed by atoms with Gasteiger partial charge in [0.2, 0.25) is 0 Å². The van der Waals surface area contributed by atoms with E-state index in [4.69, 9.17) is 70.1 Å². The van der Waals surface area contributed by atoms with Crippen LogP contribution in [0.3, 0.4) is 0 Å². The van der Waals surface area contributed by atoms with Gasteiger partial charge in [-0.3, -0.25) is 14.5 Å². The van der Waals surface area contributed by atoms with Gasteiger partial charge in [-0.2, -0.15) is 0 Å². The summed E-state index contributed by atoms with van der Waals surface area (Å²) in [4.78, 5) is 70.3. The maximum Gasteiger partial charge on any atom is 0.338 e. The molecule has 0 aromatic heterocycles. The molecule has 1 fully saturated rings. The Kier molecular flexibility index (Phi) is 12.9. The van der Waals surface area contributed by atoms with Gasteiger partial charge in [-0.25, -0.2) is 14.4 Å². The van der Waals surface area contributed by atoms with E-state index in [-0.39, 0.29) is 54.5 Å². The lowest BCUT2D eigenvalue weighted by Gasteiger charge is -2.47. The third-order valence-corrected chi connectivity index (χ3v) is 10.6. The van der Waals surface area contributed by atoms with Gasteiger partial charge in [-0.15, -0.1) is 6.58 Å². The van der Waals surface area contributed by atoms with Crippen molar-refractivity contribution in [3.63, 3.8) is 0 Å². The molecular formula is C40H31Cl4NO10. The van der Waals surface area contributed by atoms with Crippen molar-refractivity contribution < 1.29 is 47.7 Å². The number of halogens is 4. The maximum absolute atomic E-state index is 14.4. The van der Waals surface area contributed by atoms with Crippen LogP contribution in [0.15, 0.2) is 104 Å². The average molecular weight is 827 g/mol. The first kappa shape index (κ1) is 39.9. The summed E-state index contributed by atoms with van der Waals surface area (Å²) >= 11 is 25.6. The molecule has 0 N–H and O–H groups in total. The number of unbranched alkanes of at least 4 members (excludes halogenated alkanes) is 1. The number of hydrogen-bond donors (Lipinski definition) is 0. The summed E-state index contributed by atoms with van der Waals surface area (Å²) in [5.41, 5.74) is -0.305. The zero-order chi connectivity index (χ0) is 39.2. The van der Waals surface area contributed by atoms with Gasteiger partial charge in [0, 0.05) is 0 Å². The Morgan fingerprint density at radius 1 is 0.673 bits per heavy atom. The molecule has 4 aromatic rings. The molecule has 2 amide bonds. The van der Waals surface area contributed by atoms with E-state index < -0.39 is 67.0 Å². The molecule has 1 saturated heterocycles. The van der Waals surface area contributed by atoms with E-state index in [9.17, 15) is 24.0 Å². The SMILES string of the molecule is C=CCCCO[C@@H]1O[C@H](COC(=O)c2ccccc2)[C@@H](OC(=O)c2ccccc2)[C@H](OC(=O)c2ccccc2)[C@H]1N1C(=O)c2c(Cl)c(Cl)c(Cl)c(Cl)c2C1=O. The molecule has 284 valence electrons. The average Bonchev–Trinajstić information content (AvgIpc) is 3.47. The van der Waals surface area contributed by atoms with Crippen LogP contribution in [0.25, 0.3) is 0 Å². The summed E-state index contributed by atoms with van der Waals surface area (Å²) in [6.07, 6.45) is -3.70. The Bertz CT molecular complexity index is 2050. The first-order valence-electron chi connectivity index (χ1n) is 16.9. The standard InChI is InChI=1S/C40H31Cl4NO10/c1-2-3-13-20-51-40-32(45-35(46)26-27(36(45)47)29(42)31(44)30(43)28(26)41)34(55-39(50)24-18-11-6-12-19-24)33(54-38(49)23-16-9-5-10-17-23)25(53-40)21-52-37(48)22-14-7-4-8-15-22/h2,4-12,14-19,25,32-34,40H,1,3,13,20-21H2/t25-,32-,33-,34-,40-/m1/s1. The summed E-state index contributed by atoms with van der Waals surface area (Å²) in [6.45, 7) is 3.17. The molecule has 15 heteroatoms. The van der Waals surface area contributed by atoms with Gasteiger partial charge in [0.1, 0.15) is 18.8 Å². The van der Waals surface area contributed by atoms with Crippen LogP contribution in [0.1, 0.15) is 64.6 Å². The van der Waals surface area contributed by atoms with E-state index in [0.29, 0.717) is 17.7 Å². The van der Waals surface area contributed by atoms with E-state index in [2.05, 4.69) is 6.58 Å². The number of imide groups is 1. The summed E-state index contributed by atoms with van der Waals surface area (Å²) in [5, 5.41) is -1.23. The van der Waals surface area contributed by atoms with Crippen LogP contribution in [0, 0.1) is 0 Å². The van der Waals surface area contributed by atoms with Crippen molar-refractivity contribution >= 4 is 76.1 Å². The van der Waals surface area contributed by atoms with Crippen LogP contribution in [-0.4, -0.2) is 78.5 Å². The largest absolute Gasteiger partial charge is 0.459 e. The van der Waals surface area contributed by atoms with Gasteiger partial charge in [0.05, 0.1) is 54.5 Å². The molecule has 0 spiro atoms. The minimum absolute atomic E-state index is 0.000130. The van der Waals surface area contributed by atoms with Crippen molar-refractivity contribution in [3.05, 3.63) is 152 Å². The molecule has 0 bridgehead atoms. The van der Waals surface area contributed by atoms with Crippen LogP contribution in [-0.2, 0) is 23.7 Å². The highest BCUT2D eigenvalue weighted by molar-refractivity contribution is 6.55. The van der Waals surface area contributed by atoms with Gasteiger partial charge >= 0.3 is 17.9 Å². The highest BCUT2D eigenvalue weighted by Gasteiger charge is 2.58. The van der Waals surface area contributed by atoms with Crippen molar-refractivity contribution in [1.82, 2.24) is 4.90 Å². The normalized spacial score (nSPS) is 20.4. The zero-order valence-electron chi connectivity index (χ0n) is 28.7. The molecule has 0 saturated carbocycles. The van der Waals surface area contributed by atoms with Crippen molar-refractivity contribution in [2.45, 2.75) is 43.5 Å². The number of carbonyl (C=O) groups is 5. The minimum Gasteiger partial charge on any atom is -0.459 e. The summed E-state index contributed by atoms with van der Waals surface area (Å²) in [6, 6.07) is 22.2. The molecule has 55 heavy (non-hydrogen) atoms. The van der Waals surface area contributed by atoms with E-state index in [1.807, 2.05) is 0 Å². The van der Waals surface area contributed by atoms with E-state index in [1.165, 1.54) is 24.3 Å². The third-order valence-electron chi connectivity index (χ3n) is 8.77. The van der Waals surface area contributed by atoms with E-state index in [1.54, 1.807) is 72.8 Å².